The summed E-state index contributed by atoms with van der Waals surface area (Å²) in [6.07, 6.45) is 5.64. The number of piperidine rings is 1. The molecule has 5 aliphatic heterocycles. The zero-order valence-electron chi connectivity index (χ0n) is 48.9. The summed E-state index contributed by atoms with van der Waals surface area (Å²) in [5.74, 6) is -2.82. The molecule has 2 aromatic carbocycles. The van der Waals surface area contributed by atoms with E-state index >= 15 is 0 Å². The smallest absolute Gasteiger partial charge is 0.254 e. The lowest BCUT2D eigenvalue weighted by atomic mass is 9.94. The highest BCUT2D eigenvalue weighted by molar-refractivity contribution is 5.98. The summed E-state index contributed by atoms with van der Waals surface area (Å²) in [7, 11) is 0. The van der Waals surface area contributed by atoms with Crippen LogP contribution in [-0.2, 0) is 58.0 Å². The molecule has 0 unspecified atom stereocenters. The number of likely N-dealkylation sites (tertiary alicyclic amines) is 5. The Morgan fingerprint density at radius 2 is 1.02 bits per heavy atom. The number of carbonyl (C=O) groups is 9. The molecule has 5 fully saturated rings. The zero-order valence-corrected chi connectivity index (χ0v) is 48.9. The highest BCUT2D eigenvalue weighted by Crippen LogP contribution is 2.30. The van der Waals surface area contributed by atoms with Crippen LogP contribution in [0.2, 0.25) is 0 Å². The van der Waals surface area contributed by atoms with E-state index in [1.54, 1.807) is 19.6 Å². The molecular formula is C61H91N11O9. The van der Waals surface area contributed by atoms with Crippen molar-refractivity contribution in [2.75, 3.05) is 52.4 Å². The van der Waals surface area contributed by atoms with Crippen LogP contribution < -0.4 is 27.4 Å². The molecule has 7 rings (SSSR count). The van der Waals surface area contributed by atoms with Gasteiger partial charge >= 0.3 is 0 Å². The number of carbonyl (C=O) groups excluding carboxylic acids is 9. The predicted octanol–water partition coefficient (Wildman–Crippen LogP) is 3.67. The summed E-state index contributed by atoms with van der Waals surface area (Å²) in [6.45, 7) is 16.7. The van der Waals surface area contributed by atoms with Gasteiger partial charge in [0.25, 0.3) is 5.91 Å². The van der Waals surface area contributed by atoms with Gasteiger partial charge in [-0.3, -0.25) is 43.2 Å². The largest absolute Gasteiger partial charge is 0.368 e. The number of nitrogens with one attached hydrogen (secondary N) is 3. The van der Waals surface area contributed by atoms with E-state index in [4.69, 9.17) is 11.5 Å². The topological polar surface area (TPSA) is 261 Å². The fourth-order valence-electron chi connectivity index (χ4n) is 12.4. The third-order valence-electron chi connectivity index (χ3n) is 16.8. The quantitative estimate of drug-likeness (QED) is 0.101. The van der Waals surface area contributed by atoms with Crippen molar-refractivity contribution in [3.8, 4) is 0 Å². The maximum absolute atomic E-state index is 14.6. The van der Waals surface area contributed by atoms with E-state index in [9.17, 15) is 43.2 Å². The van der Waals surface area contributed by atoms with Gasteiger partial charge in [0.15, 0.2) is 0 Å². The van der Waals surface area contributed by atoms with Gasteiger partial charge < -0.3 is 56.8 Å². The lowest BCUT2D eigenvalue weighted by Gasteiger charge is -2.36. The summed E-state index contributed by atoms with van der Waals surface area (Å²) < 4.78 is 0. The Morgan fingerprint density at radius 3 is 1.53 bits per heavy atom. The molecular weight excluding hydrogens is 1030 g/mol. The van der Waals surface area contributed by atoms with Gasteiger partial charge in [0.1, 0.15) is 36.3 Å². The van der Waals surface area contributed by atoms with E-state index in [0.29, 0.717) is 147 Å². The average molecular weight is 1120 g/mol. The van der Waals surface area contributed by atoms with Crippen LogP contribution in [0, 0.1) is 23.7 Å². The zero-order chi connectivity index (χ0) is 58.5. The average Bonchev–Trinajstić information content (AvgIpc) is 4.35. The van der Waals surface area contributed by atoms with E-state index < -0.39 is 59.9 Å². The molecule has 5 heterocycles. The van der Waals surface area contributed by atoms with Gasteiger partial charge in [-0.05, 0) is 130 Å². The van der Waals surface area contributed by atoms with Crippen LogP contribution in [0.4, 0.5) is 0 Å². The number of hydrogen-bond acceptors (Lipinski definition) is 11. The third kappa shape index (κ3) is 16.2. The minimum Gasteiger partial charge on any atom is -0.368 e. The van der Waals surface area contributed by atoms with Gasteiger partial charge in [-0.25, -0.2) is 0 Å². The van der Waals surface area contributed by atoms with Crippen LogP contribution in [0.5, 0.6) is 0 Å². The number of nitrogens with zero attached hydrogens (tertiary/aromatic N) is 6. The molecule has 81 heavy (non-hydrogen) atoms. The van der Waals surface area contributed by atoms with Crippen molar-refractivity contribution < 1.29 is 43.2 Å². The summed E-state index contributed by atoms with van der Waals surface area (Å²) in [6, 6.07) is 10.3. The molecule has 5 aliphatic rings. The SMILES string of the molecule is CC(C)CNCc1ccc(C(=O)N(CCC(=O)N2CCC(C(=O)N3CCC[C@H]3C(=O)N[C@@H](CC(C)C)C(=O)N3CCC[C@H]3C(=O)N3CCC[C@H]3C(=O)N[C@@H](CC(C)C)C(=O)N3CCC[C@H]3C(N)=O)CC2)Cc2ccc(CN)cc2)cc1. The van der Waals surface area contributed by atoms with Gasteiger partial charge in [0.2, 0.25) is 47.3 Å². The van der Waals surface area contributed by atoms with Crippen LogP contribution >= 0.6 is 0 Å². The standard InChI is InChI=1S/C61H91N11O9/c1-39(2)33-47(59(79)69-26-7-11-49(69)54(63)74)65-56(76)51-13-9-28-71(51)61(81)52-14-10-29-72(52)60(80)48(34-40(3)4)66-55(75)50-12-8-27-70(50)58(78)46-23-30-67(31-24-46)53(73)25-32-68(38-44-17-15-42(35-62)16-18-44)57(77)45-21-19-43(20-22-45)37-64-36-41(5)6/h15-22,39-41,46-52,64H,7-14,23-38,62H2,1-6H3,(H2,63,74)(H,65,76)(H,66,75)/t47-,48-,49-,50-,51-,52-/m0/s1. The predicted molar refractivity (Wildman–Crippen MR) is 307 cm³/mol. The molecule has 0 saturated carbocycles. The van der Waals surface area contributed by atoms with Crippen molar-refractivity contribution in [2.45, 2.75) is 181 Å². The van der Waals surface area contributed by atoms with Gasteiger partial charge in [-0.2, -0.15) is 0 Å². The Bertz CT molecular complexity index is 2530. The first-order chi connectivity index (χ1) is 38.7. The first-order valence-corrected chi connectivity index (χ1v) is 30.0. The van der Waals surface area contributed by atoms with Crippen LogP contribution in [0.1, 0.15) is 152 Å². The highest BCUT2D eigenvalue weighted by Gasteiger charge is 2.46. The van der Waals surface area contributed by atoms with E-state index in [1.165, 1.54) is 9.80 Å². The fraction of sp³-hybridized carbons (Fsp3) is 0.656. The molecule has 5 saturated heterocycles. The van der Waals surface area contributed by atoms with Gasteiger partial charge in [0, 0.05) is 83.3 Å². The molecule has 444 valence electrons. The molecule has 0 aliphatic carbocycles. The molecule has 7 N–H and O–H groups in total. The lowest BCUT2D eigenvalue weighted by molar-refractivity contribution is -0.149. The third-order valence-corrected chi connectivity index (χ3v) is 16.8. The number of primary amides is 1. The Hall–Kier alpha value is -6.41. The number of nitrogens with two attached hydrogens (primary N) is 2. The van der Waals surface area contributed by atoms with Gasteiger partial charge in [-0.15, -0.1) is 0 Å². The van der Waals surface area contributed by atoms with Crippen LogP contribution in [0.15, 0.2) is 48.5 Å². The highest BCUT2D eigenvalue weighted by atomic mass is 16.2. The van der Waals surface area contributed by atoms with Crippen molar-refractivity contribution in [2.24, 2.45) is 35.1 Å². The molecule has 0 spiro atoms. The molecule has 2 aromatic rings. The molecule has 9 amide bonds. The van der Waals surface area contributed by atoms with E-state index in [1.807, 2.05) is 76.2 Å². The fourth-order valence-corrected chi connectivity index (χ4v) is 12.4. The lowest BCUT2D eigenvalue weighted by Crippen LogP contribution is -2.59. The monoisotopic (exact) mass is 1120 g/mol. The van der Waals surface area contributed by atoms with E-state index in [2.05, 4.69) is 29.8 Å². The molecule has 0 aromatic heterocycles. The van der Waals surface area contributed by atoms with Crippen LogP contribution in [-0.4, -0.2) is 171 Å². The van der Waals surface area contributed by atoms with Crippen LogP contribution in [0.3, 0.4) is 0 Å². The Balaban J connectivity index is 0.931. The second-order valence-corrected chi connectivity index (χ2v) is 24.4. The van der Waals surface area contributed by atoms with Gasteiger partial charge in [0.05, 0.1) is 0 Å². The van der Waals surface area contributed by atoms with Crippen molar-refractivity contribution in [3.05, 3.63) is 70.8 Å². The van der Waals surface area contributed by atoms with Gasteiger partial charge in [-0.1, -0.05) is 77.9 Å². The minimum atomic E-state index is -0.960. The summed E-state index contributed by atoms with van der Waals surface area (Å²) >= 11 is 0. The number of hydrogen-bond donors (Lipinski definition) is 5. The van der Waals surface area contributed by atoms with Crippen LogP contribution in [0.25, 0.3) is 0 Å². The maximum Gasteiger partial charge on any atom is 0.254 e. The first-order valence-electron chi connectivity index (χ1n) is 30.0. The molecule has 0 bridgehead atoms. The van der Waals surface area contributed by atoms with Crippen molar-refractivity contribution >= 4 is 53.2 Å². The minimum absolute atomic E-state index is 0.00548. The molecule has 6 atom stereocenters. The molecule has 0 radical (unpaired) electrons. The van der Waals surface area contributed by atoms with E-state index in [0.717, 1.165) is 23.2 Å². The van der Waals surface area contributed by atoms with Crippen molar-refractivity contribution in [1.82, 2.24) is 45.3 Å². The molecule has 20 heteroatoms. The number of benzene rings is 2. The van der Waals surface area contributed by atoms with Crippen molar-refractivity contribution in [3.63, 3.8) is 0 Å². The summed E-state index contributed by atoms with van der Waals surface area (Å²) in [5.41, 5.74) is 15.0. The second-order valence-electron chi connectivity index (χ2n) is 24.4. The normalized spacial score (nSPS) is 21.2. The number of amides is 9. The Morgan fingerprint density at radius 1 is 0.556 bits per heavy atom. The summed E-state index contributed by atoms with van der Waals surface area (Å²) in [4.78, 5) is 135. The maximum atomic E-state index is 14.6. The Kier molecular flexibility index (Phi) is 22.3. The first kappa shape index (κ1) is 62.2. The molecule has 20 nitrogen and oxygen atoms in total. The Labute approximate surface area is 479 Å². The number of rotatable bonds is 24. The second kappa shape index (κ2) is 29.0. The van der Waals surface area contributed by atoms with E-state index in [-0.39, 0.29) is 60.2 Å². The summed E-state index contributed by atoms with van der Waals surface area (Å²) in [5, 5.41) is 9.39. The van der Waals surface area contributed by atoms with Crippen molar-refractivity contribution in [1.29, 1.82) is 0 Å².